The van der Waals surface area contributed by atoms with Gasteiger partial charge in [-0.05, 0) is 41.7 Å². The maximum atomic E-state index is 13.8. The molecule has 0 saturated carbocycles. The Balaban J connectivity index is 1.58. The van der Waals surface area contributed by atoms with Gasteiger partial charge < -0.3 is 4.74 Å². The Morgan fingerprint density at radius 3 is 2.63 bits per heavy atom. The Bertz CT molecular complexity index is 1640. The van der Waals surface area contributed by atoms with Crippen LogP contribution in [0.25, 0.3) is 11.8 Å². The molecule has 4 nitrogen and oxygen atoms in total. The van der Waals surface area contributed by atoms with Gasteiger partial charge in [0.1, 0.15) is 12.4 Å². The van der Waals surface area contributed by atoms with Crippen LogP contribution in [0.2, 0.25) is 0 Å². The topological polar surface area (TPSA) is 43.6 Å². The van der Waals surface area contributed by atoms with E-state index in [0.717, 1.165) is 40.2 Å². The first-order valence-corrected chi connectivity index (χ1v) is 12.6. The molecule has 1 aliphatic heterocycles. The van der Waals surface area contributed by atoms with Crippen LogP contribution in [0.4, 0.5) is 0 Å². The smallest absolute Gasteiger partial charge is 0.271 e. The lowest BCUT2D eigenvalue weighted by Gasteiger charge is -2.30. The molecule has 0 amide bonds. The largest absolute Gasteiger partial charge is 0.489 e. The fraction of sp³-hybridized carbons (Fsp3) is 0.133. The van der Waals surface area contributed by atoms with Crippen molar-refractivity contribution in [2.45, 2.75) is 18.9 Å². The van der Waals surface area contributed by atoms with Crippen LogP contribution in [0.15, 0.2) is 107 Å². The van der Waals surface area contributed by atoms with Crippen LogP contribution in [-0.2, 0) is 6.42 Å². The van der Waals surface area contributed by atoms with E-state index in [4.69, 9.17) is 9.73 Å². The molecule has 0 radical (unpaired) electrons. The molecule has 0 unspecified atom stereocenters. The molecule has 1 atom stereocenters. The lowest BCUT2D eigenvalue weighted by atomic mass is 9.83. The fourth-order valence-electron chi connectivity index (χ4n) is 4.98. The Labute approximate surface area is 207 Å². The van der Waals surface area contributed by atoms with E-state index in [1.165, 1.54) is 28.0 Å². The molecule has 0 N–H and O–H groups in total. The van der Waals surface area contributed by atoms with Crippen LogP contribution in [0.5, 0.6) is 5.75 Å². The number of fused-ring (bicyclic) bond motifs is 3. The summed E-state index contributed by atoms with van der Waals surface area (Å²) < 4.78 is 8.35. The number of ether oxygens (including phenoxy) is 1. The van der Waals surface area contributed by atoms with Crippen LogP contribution in [-0.4, -0.2) is 11.2 Å². The molecule has 1 aliphatic carbocycles. The zero-order chi connectivity index (χ0) is 23.8. The van der Waals surface area contributed by atoms with Gasteiger partial charge in [0.2, 0.25) is 0 Å². The Morgan fingerprint density at radius 1 is 1.00 bits per heavy atom. The highest BCUT2D eigenvalue weighted by Crippen LogP contribution is 2.41. The van der Waals surface area contributed by atoms with Crippen molar-refractivity contribution in [2.75, 3.05) is 6.61 Å². The highest BCUT2D eigenvalue weighted by Gasteiger charge is 2.32. The van der Waals surface area contributed by atoms with Crippen molar-refractivity contribution in [2.24, 2.45) is 4.99 Å². The number of nitrogens with zero attached hydrogens (tertiary/aromatic N) is 2. The predicted molar refractivity (Wildman–Crippen MR) is 141 cm³/mol. The van der Waals surface area contributed by atoms with Gasteiger partial charge in [-0.1, -0.05) is 96.8 Å². The van der Waals surface area contributed by atoms with Gasteiger partial charge in [0.25, 0.3) is 5.56 Å². The molecule has 5 heteroatoms. The number of benzene rings is 3. The summed E-state index contributed by atoms with van der Waals surface area (Å²) in [5.41, 5.74) is 6.67. The maximum Gasteiger partial charge on any atom is 0.271 e. The number of hydrogen-bond donors (Lipinski definition) is 0. The maximum absolute atomic E-state index is 13.8. The monoisotopic (exact) mass is 476 g/mol. The number of aromatic nitrogens is 1. The van der Waals surface area contributed by atoms with Crippen LogP contribution in [0, 0.1) is 0 Å². The van der Waals surface area contributed by atoms with E-state index in [2.05, 4.69) is 43.0 Å². The number of para-hydroxylation sites is 1. The van der Waals surface area contributed by atoms with Gasteiger partial charge >= 0.3 is 0 Å². The third-order valence-corrected chi connectivity index (χ3v) is 7.53. The van der Waals surface area contributed by atoms with Crippen molar-refractivity contribution in [3.8, 4) is 5.75 Å². The summed E-state index contributed by atoms with van der Waals surface area (Å²) in [5, 5.41) is 0. The summed E-state index contributed by atoms with van der Waals surface area (Å²) in [4.78, 5) is 19.7. The first kappa shape index (κ1) is 21.6. The molecule has 2 heterocycles. The lowest BCUT2D eigenvalue weighted by Crippen LogP contribution is -2.38. The second-order valence-corrected chi connectivity index (χ2v) is 9.67. The molecule has 3 aromatic carbocycles. The zero-order valence-electron chi connectivity index (χ0n) is 19.2. The highest BCUT2D eigenvalue weighted by molar-refractivity contribution is 7.07. The van der Waals surface area contributed by atoms with E-state index in [1.54, 1.807) is 6.08 Å². The van der Waals surface area contributed by atoms with Gasteiger partial charge in [-0.25, -0.2) is 4.99 Å². The summed E-state index contributed by atoms with van der Waals surface area (Å²) >= 11 is 1.44. The number of thiazole rings is 1. The average Bonchev–Trinajstić information content (AvgIpc) is 3.21. The Morgan fingerprint density at radius 2 is 1.77 bits per heavy atom. The zero-order valence-corrected chi connectivity index (χ0v) is 20.0. The third kappa shape index (κ3) is 3.78. The van der Waals surface area contributed by atoms with E-state index in [0.29, 0.717) is 11.1 Å². The first-order chi connectivity index (χ1) is 17.2. The minimum absolute atomic E-state index is 0.0217. The van der Waals surface area contributed by atoms with Crippen molar-refractivity contribution in [1.82, 2.24) is 4.57 Å². The van der Waals surface area contributed by atoms with Crippen molar-refractivity contribution in [3.63, 3.8) is 0 Å². The van der Waals surface area contributed by atoms with Gasteiger partial charge in [-0.2, -0.15) is 0 Å². The standard InChI is InChI=1S/C30H24N2O2S/c1-2-18-34-25-15-9-7-13-22(25)19-26-29(33)32-28(21-11-4-3-5-12-21)24-17-16-20-10-6-8-14-23(20)27(24)31-30(32)35-26/h2-15,19,28H,1,16-18H2/b26-19-/t28-/m0/s1. The number of hydrogen-bond acceptors (Lipinski definition) is 4. The minimum Gasteiger partial charge on any atom is -0.489 e. The summed E-state index contributed by atoms with van der Waals surface area (Å²) in [6.07, 6.45) is 5.47. The molecule has 6 rings (SSSR count). The quantitative estimate of drug-likeness (QED) is 0.385. The van der Waals surface area contributed by atoms with Gasteiger partial charge in [-0.3, -0.25) is 9.36 Å². The summed E-state index contributed by atoms with van der Waals surface area (Å²) in [6.45, 7) is 4.14. The van der Waals surface area contributed by atoms with E-state index < -0.39 is 0 Å². The summed E-state index contributed by atoms with van der Waals surface area (Å²) in [5.74, 6) is 0.728. The second kappa shape index (κ2) is 9.01. The molecule has 0 fully saturated rings. The Hall–Kier alpha value is -3.96. The van der Waals surface area contributed by atoms with Crippen molar-refractivity contribution in [1.29, 1.82) is 0 Å². The summed E-state index contributed by atoms with van der Waals surface area (Å²) in [6, 6.07) is 26.4. The van der Waals surface area contributed by atoms with Gasteiger partial charge in [0.15, 0.2) is 4.80 Å². The second-order valence-electron chi connectivity index (χ2n) is 8.66. The van der Waals surface area contributed by atoms with Crippen molar-refractivity contribution in [3.05, 3.63) is 139 Å². The van der Waals surface area contributed by atoms with Gasteiger partial charge in [-0.15, -0.1) is 0 Å². The highest BCUT2D eigenvalue weighted by atomic mass is 32.1. The van der Waals surface area contributed by atoms with E-state index in [1.807, 2.05) is 53.1 Å². The normalized spacial score (nSPS) is 16.7. The minimum atomic E-state index is -0.162. The molecular formula is C30H24N2O2S. The molecule has 0 saturated heterocycles. The van der Waals surface area contributed by atoms with Crippen LogP contribution < -0.4 is 19.6 Å². The third-order valence-electron chi connectivity index (χ3n) is 6.55. The summed E-state index contributed by atoms with van der Waals surface area (Å²) in [7, 11) is 0. The molecular weight excluding hydrogens is 452 g/mol. The molecule has 4 aromatic rings. The molecule has 172 valence electrons. The predicted octanol–water partition coefficient (Wildman–Crippen LogP) is 4.88. The number of rotatable bonds is 5. The average molecular weight is 477 g/mol. The van der Waals surface area contributed by atoms with Crippen molar-refractivity contribution >= 4 is 23.1 Å². The first-order valence-electron chi connectivity index (χ1n) is 11.8. The number of aryl methyl sites for hydroxylation is 1. The molecule has 1 aromatic heterocycles. The van der Waals surface area contributed by atoms with Crippen LogP contribution >= 0.6 is 11.3 Å². The van der Waals surface area contributed by atoms with E-state index >= 15 is 0 Å². The molecule has 2 aliphatic rings. The van der Waals surface area contributed by atoms with E-state index in [-0.39, 0.29) is 11.6 Å². The van der Waals surface area contributed by atoms with Crippen LogP contribution in [0.1, 0.15) is 34.7 Å². The molecule has 35 heavy (non-hydrogen) atoms. The lowest BCUT2D eigenvalue weighted by molar-refractivity contribution is 0.362. The van der Waals surface area contributed by atoms with Gasteiger partial charge in [0.05, 0.1) is 16.3 Å². The van der Waals surface area contributed by atoms with E-state index in [9.17, 15) is 4.79 Å². The fourth-order valence-corrected chi connectivity index (χ4v) is 5.97. The number of allylic oxidation sites excluding steroid dienone is 1. The molecule has 0 spiro atoms. The van der Waals surface area contributed by atoms with Crippen molar-refractivity contribution < 1.29 is 4.74 Å². The van der Waals surface area contributed by atoms with Crippen LogP contribution in [0.3, 0.4) is 0 Å². The van der Waals surface area contributed by atoms with Gasteiger partial charge in [0, 0.05) is 11.1 Å². The molecule has 0 bridgehead atoms. The SMILES string of the molecule is C=CCOc1ccccc1/C=c1\sc2n(c1=O)[C@@H](c1ccccc1)C1=C(N=2)c2ccccc2CC1. The Kier molecular flexibility index (Phi) is 5.55.